The number of hydrogen-bond acceptors (Lipinski definition) is 9. The zero-order chi connectivity index (χ0) is 30.0. The molecule has 0 fully saturated rings. The van der Waals surface area contributed by atoms with Crippen LogP contribution in [0.25, 0.3) is 11.1 Å². The summed E-state index contributed by atoms with van der Waals surface area (Å²) in [5.74, 6) is -3.38. The van der Waals surface area contributed by atoms with Gasteiger partial charge in [0.1, 0.15) is 22.8 Å². The molecule has 214 valence electrons. The van der Waals surface area contributed by atoms with Crippen LogP contribution in [-0.2, 0) is 20.7 Å². The standard InChI is InChI=1S/C30H32N4O7/c1-34(2)19-12-17(13-5-7-14(8-6-13)28(32)38)24(36)22-18(19)10-15-9-16-11-20(35)23(29(33)39)26(31)30(16,41-4)27(40-3)21(15)25(22)37/h5-8,12,15-16,31,35-36H,9-11H2,1-4H3,(H2,32,38)(H2,33,39)/t15-,16+,30-/m1/s1. The molecule has 0 bridgehead atoms. The van der Waals surface area contributed by atoms with Crippen molar-refractivity contribution in [2.75, 3.05) is 33.2 Å². The Morgan fingerprint density at radius 1 is 1.07 bits per heavy atom. The van der Waals surface area contributed by atoms with E-state index < -0.39 is 29.1 Å². The lowest BCUT2D eigenvalue weighted by Gasteiger charge is -2.50. The summed E-state index contributed by atoms with van der Waals surface area (Å²) in [6, 6.07) is 8.20. The predicted molar refractivity (Wildman–Crippen MR) is 151 cm³/mol. The van der Waals surface area contributed by atoms with Crippen molar-refractivity contribution in [2.45, 2.75) is 24.9 Å². The summed E-state index contributed by atoms with van der Waals surface area (Å²) in [5, 5.41) is 31.1. The lowest BCUT2D eigenvalue weighted by molar-refractivity contribution is -0.114. The van der Waals surface area contributed by atoms with Crippen LogP contribution in [-0.4, -0.2) is 67.4 Å². The first-order valence-corrected chi connectivity index (χ1v) is 13.0. The molecular weight excluding hydrogens is 528 g/mol. The Morgan fingerprint density at radius 2 is 1.73 bits per heavy atom. The molecule has 0 saturated heterocycles. The maximum Gasteiger partial charge on any atom is 0.254 e. The molecule has 11 nitrogen and oxygen atoms in total. The van der Waals surface area contributed by atoms with Crippen LogP contribution in [0.1, 0.15) is 39.1 Å². The van der Waals surface area contributed by atoms with Crippen molar-refractivity contribution >= 4 is 29.0 Å². The van der Waals surface area contributed by atoms with Gasteiger partial charge in [0, 0.05) is 55.9 Å². The summed E-state index contributed by atoms with van der Waals surface area (Å²) in [5.41, 5.74) is 11.5. The highest BCUT2D eigenvalue weighted by Crippen LogP contribution is 2.55. The maximum absolute atomic E-state index is 14.4. The van der Waals surface area contributed by atoms with Crippen LogP contribution in [0.2, 0.25) is 0 Å². The number of phenols is 1. The lowest BCUT2D eigenvalue weighted by atomic mass is 9.59. The van der Waals surface area contributed by atoms with E-state index in [0.717, 1.165) is 5.69 Å². The fraction of sp³-hybridized carbons (Fsp3) is 0.333. The molecular formula is C30H32N4O7. The summed E-state index contributed by atoms with van der Waals surface area (Å²) in [6.07, 6.45) is 0.740. The third-order valence-corrected chi connectivity index (χ3v) is 8.52. The van der Waals surface area contributed by atoms with E-state index in [1.165, 1.54) is 14.2 Å². The van der Waals surface area contributed by atoms with E-state index in [1.807, 2.05) is 19.0 Å². The Kier molecular flexibility index (Phi) is 6.65. The van der Waals surface area contributed by atoms with Gasteiger partial charge in [0.15, 0.2) is 11.4 Å². The zero-order valence-corrected chi connectivity index (χ0v) is 23.2. The number of carbonyl (C=O) groups excluding carboxylic acids is 3. The quantitative estimate of drug-likeness (QED) is 0.356. The number of phenolic OH excluding ortho intramolecular Hbond substituents is 1. The number of amides is 2. The Labute approximate surface area is 236 Å². The van der Waals surface area contributed by atoms with Crippen LogP contribution in [0.4, 0.5) is 5.69 Å². The minimum absolute atomic E-state index is 0.0121. The molecule has 7 N–H and O–H groups in total. The van der Waals surface area contributed by atoms with Crippen molar-refractivity contribution in [1.29, 1.82) is 5.41 Å². The number of aliphatic hydroxyl groups is 1. The average molecular weight is 561 g/mol. The van der Waals surface area contributed by atoms with Crippen molar-refractivity contribution in [3.05, 3.63) is 69.7 Å². The van der Waals surface area contributed by atoms with Crippen LogP contribution in [0.3, 0.4) is 0 Å². The van der Waals surface area contributed by atoms with E-state index in [-0.39, 0.29) is 52.0 Å². The lowest BCUT2D eigenvalue weighted by Crippen LogP contribution is -2.58. The Hall–Kier alpha value is -4.64. The van der Waals surface area contributed by atoms with E-state index in [2.05, 4.69) is 0 Å². The minimum Gasteiger partial charge on any atom is -0.511 e. The third kappa shape index (κ3) is 3.91. The molecule has 3 aliphatic carbocycles. The molecule has 2 amide bonds. The summed E-state index contributed by atoms with van der Waals surface area (Å²) in [6.45, 7) is 0. The number of nitrogens with one attached hydrogen (secondary N) is 1. The molecule has 0 spiro atoms. The molecule has 0 unspecified atom stereocenters. The number of ether oxygens (including phenoxy) is 2. The van der Waals surface area contributed by atoms with Gasteiger partial charge >= 0.3 is 0 Å². The molecule has 3 atom stereocenters. The molecule has 0 saturated carbocycles. The Balaban J connectivity index is 1.75. The monoisotopic (exact) mass is 560 g/mol. The van der Waals surface area contributed by atoms with Gasteiger partial charge in [0.05, 0.1) is 18.4 Å². The number of carbonyl (C=O) groups is 3. The number of fused-ring (bicyclic) bond motifs is 3. The molecule has 0 radical (unpaired) electrons. The second kappa shape index (κ2) is 9.77. The fourth-order valence-electron chi connectivity index (χ4n) is 6.73. The number of hydrogen-bond donors (Lipinski definition) is 5. The highest BCUT2D eigenvalue weighted by Gasteiger charge is 2.59. The second-order valence-electron chi connectivity index (χ2n) is 10.8. The number of aliphatic hydroxyl groups excluding tert-OH is 1. The van der Waals surface area contributed by atoms with Crippen molar-refractivity contribution < 1.29 is 34.1 Å². The maximum atomic E-state index is 14.4. The van der Waals surface area contributed by atoms with Gasteiger partial charge in [0.2, 0.25) is 5.91 Å². The molecule has 0 heterocycles. The second-order valence-corrected chi connectivity index (χ2v) is 10.8. The van der Waals surface area contributed by atoms with Gasteiger partial charge in [-0.2, -0.15) is 0 Å². The van der Waals surface area contributed by atoms with Crippen LogP contribution in [0, 0.1) is 17.2 Å². The van der Waals surface area contributed by atoms with Gasteiger partial charge in [-0.1, -0.05) is 12.1 Å². The molecule has 3 aliphatic rings. The van der Waals surface area contributed by atoms with Crippen molar-refractivity contribution in [3.8, 4) is 16.9 Å². The number of nitrogens with zero attached hydrogens (tertiary/aromatic N) is 1. The first kappa shape index (κ1) is 27.9. The van der Waals surface area contributed by atoms with Gasteiger partial charge in [-0.25, -0.2) is 0 Å². The average Bonchev–Trinajstić information content (AvgIpc) is 2.91. The van der Waals surface area contributed by atoms with Crippen LogP contribution in [0.15, 0.2) is 53.0 Å². The highest BCUT2D eigenvalue weighted by atomic mass is 16.5. The predicted octanol–water partition coefficient (Wildman–Crippen LogP) is 2.61. The Bertz CT molecular complexity index is 1590. The number of benzene rings is 2. The van der Waals surface area contributed by atoms with Gasteiger partial charge in [0.25, 0.3) is 5.91 Å². The largest absolute Gasteiger partial charge is 0.511 e. The normalized spacial score (nSPS) is 23.5. The first-order chi connectivity index (χ1) is 19.4. The number of allylic oxidation sites excluding steroid dienone is 2. The zero-order valence-electron chi connectivity index (χ0n) is 23.2. The number of rotatable bonds is 6. The molecule has 0 aliphatic heterocycles. The van der Waals surface area contributed by atoms with Gasteiger partial charge in [-0.15, -0.1) is 0 Å². The Morgan fingerprint density at radius 3 is 2.27 bits per heavy atom. The van der Waals surface area contributed by atoms with E-state index in [0.29, 0.717) is 35.1 Å². The summed E-state index contributed by atoms with van der Waals surface area (Å²) in [4.78, 5) is 40.1. The highest BCUT2D eigenvalue weighted by molar-refractivity contribution is 6.26. The first-order valence-electron chi connectivity index (χ1n) is 13.0. The van der Waals surface area contributed by atoms with Gasteiger partial charge < -0.3 is 41.5 Å². The van der Waals surface area contributed by atoms with E-state index in [4.69, 9.17) is 26.4 Å². The number of primary amides is 2. The number of aromatic hydroxyl groups is 1. The van der Waals surface area contributed by atoms with Gasteiger partial charge in [-0.3, -0.25) is 14.4 Å². The van der Waals surface area contributed by atoms with Crippen molar-refractivity contribution in [1.82, 2.24) is 0 Å². The third-order valence-electron chi connectivity index (χ3n) is 8.52. The molecule has 41 heavy (non-hydrogen) atoms. The molecule has 5 rings (SSSR count). The number of Topliss-reactive ketones (excluding diaryl/α,β-unsaturated/α-hetero) is 1. The van der Waals surface area contributed by atoms with Crippen LogP contribution >= 0.6 is 0 Å². The summed E-state index contributed by atoms with van der Waals surface area (Å²) < 4.78 is 11.7. The van der Waals surface area contributed by atoms with E-state index in [1.54, 1.807) is 30.3 Å². The minimum atomic E-state index is -1.63. The SMILES string of the molecule is COC1=C2C(=O)c3c(O)c(-c4ccc(C(N)=O)cc4)cc(N(C)C)c3C[C@H]2C[C@H]2CC(O)=C(C(N)=O)C(=N)[C@@]12OC. The number of anilines is 1. The molecule has 2 aromatic rings. The number of nitrogens with two attached hydrogens (primary N) is 2. The van der Waals surface area contributed by atoms with Crippen LogP contribution in [0.5, 0.6) is 5.75 Å². The van der Waals surface area contributed by atoms with Gasteiger partial charge in [-0.05, 0) is 48.1 Å². The van der Waals surface area contributed by atoms with Crippen LogP contribution < -0.4 is 16.4 Å². The molecule has 11 heteroatoms. The van der Waals surface area contributed by atoms with E-state index >= 15 is 0 Å². The summed E-state index contributed by atoms with van der Waals surface area (Å²) >= 11 is 0. The van der Waals surface area contributed by atoms with Crippen molar-refractivity contribution in [3.63, 3.8) is 0 Å². The topological polar surface area (TPSA) is 189 Å². The molecule has 2 aromatic carbocycles. The van der Waals surface area contributed by atoms with E-state index in [9.17, 15) is 24.6 Å². The smallest absolute Gasteiger partial charge is 0.254 e. The number of methoxy groups -OCH3 is 2. The fourth-order valence-corrected chi connectivity index (χ4v) is 6.73. The summed E-state index contributed by atoms with van der Waals surface area (Å²) in [7, 11) is 6.41. The van der Waals surface area contributed by atoms with Crippen molar-refractivity contribution in [2.24, 2.45) is 23.3 Å². The number of ketones is 1. The molecule has 0 aromatic heterocycles.